The number of pyridine rings is 1. The summed E-state index contributed by atoms with van der Waals surface area (Å²) in [7, 11) is 0. The van der Waals surface area contributed by atoms with Gasteiger partial charge in [0.25, 0.3) is 0 Å². The van der Waals surface area contributed by atoms with Crippen molar-refractivity contribution in [2.45, 2.75) is 12.7 Å². The summed E-state index contributed by atoms with van der Waals surface area (Å²) >= 11 is 5.82. The second kappa shape index (κ2) is 8.83. The van der Waals surface area contributed by atoms with Crippen LogP contribution in [0.15, 0.2) is 67.0 Å². The number of hydrogen-bond donors (Lipinski definition) is 2. The first-order valence-electron chi connectivity index (χ1n) is 8.40. The highest BCUT2D eigenvalue weighted by Crippen LogP contribution is 2.33. The number of rotatable bonds is 5. The van der Waals surface area contributed by atoms with E-state index in [4.69, 9.17) is 16.3 Å². The lowest BCUT2D eigenvalue weighted by Gasteiger charge is -2.12. The van der Waals surface area contributed by atoms with Crippen LogP contribution in [0.2, 0.25) is 5.02 Å². The molecule has 2 N–H and O–H groups in total. The predicted molar refractivity (Wildman–Crippen MR) is 103 cm³/mol. The van der Waals surface area contributed by atoms with Gasteiger partial charge in [-0.1, -0.05) is 23.7 Å². The zero-order valence-electron chi connectivity index (χ0n) is 14.8. The van der Waals surface area contributed by atoms with Crippen molar-refractivity contribution in [3.05, 3.63) is 83.1 Å². The number of urea groups is 1. The minimum absolute atomic E-state index is 0.0817. The summed E-state index contributed by atoms with van der Waals surface area (Å²) in [5.74, 6) is 1.28. The number of halogens is 4. The van der Waals surface area contributed by atoms with E-state index in [2.05, 4.69) is 15.6 Å². The lowest BCUT2D eigenvalue weighted by molar-refractivity contribution is -0.137. The van der Waals surface area contributed by atoms with Crippen LogP contribution in [-0.4, -0.2) is 11.0 Å². The van der Waals surface area contributed by atoms with Gasteiger partial charge in [0.2, 0.25) is 0 Å². The molecule has 0 saturated carbocycles. The van der Waals surface area contributed by atoms with Gasteiger partial charge in [-0.25, -0.2) is 4.79 Å². The van der Waals surface area contributed by atoms with Gasteiger partial charge in [0.15, 0.2) is 0 Å². The number of amides is 2. The van der Waals surface area contributed by atoms with Gasteiger partial charge >= 0.3 is 12.2 Å². The Morgan fingerprint density at radius 3 is 2.28 bits per heavy atom. The van der Waals surface area contributed by atoms with Crippen molar-refractivity contribution in [2.24, 2.45) is 0 Å². The Kier molecular flexibility index (Phi) is 6.23. The largest absolute Gasteiger partial charge is 0.457 e. The molecular formula is C20H15ClF3N3O2. The summed E-state index contributed by atoms with van der Waals surface area (Å²) in [5.41, 5.74) is 0.00143. The lowest BCUT2D eigenvalue weighted by Crippen LogP contribution is -2.28. The highest BCUT2D eigenvalue weighted by Gasteiger charge is 2.30. The van der Waals surface area contributed by atoms with Crippen LogP contribution in [-0.2, 0) is 12.7 Å². The fourth-order valence-corrected chi connectivity index (χ4v) is 2.59. The van der Waals surface area contributed by atoms with Crippen LogP contribution in [0.1, 0.15) is 11.1 Å². The van der Waals surface area contributed by atoms with Gasteiger partial charge in [-0.2, -0.15) is 13.2 Å². The third-order valence-corrected chi connectivity index (χ3v) is 4.12. The molecule has 0 aliphatic rings. The third-order valence-electron chi connectivity index (χ3n) is 3.81. The molecule has 0 spiro atoms. The minimum Gasteiger partial charge on any atom is -0.457 e. The minimum atomic E-state index is -4.50. The summed E-state index contributed by atoms with van der Waals surface area (Å²) in [5, 5.41) is 4.83. The first-order chi connectivity index (χ1) is 13.8. The SMILES string of the molecule is O=C(NCc1ccc(Oc2ccncc2)cc1)Nc1ccc(C(F)(F)F)cc1Cl. The molecule has 0 atom stereocenters. The molecule has 0 radical (unpaired) electrons. The molecule has 0 fully saturated rings. The summed E-state index contributed by atoms with van der Waals surface area (Å²) in [6.07, 6.45) is -1.26. The lowest BCUT2D eigenvalue weighted by atomic mass is 10.2. The number of nitrogens with one attached hydrogen (secondary N) is 2. The summed E-state index contributed by atoms with van der Waals surface area (Å²) in [6.45, 7) is 0.208. The fraction of sp³-hybridized carbons (Fsp3) is 0.100. The molecule has 1 aromatic heterocycles. The van der Waals surface area contributed by atoms with Gasteiger partial charge < -0.3 is 15.4 Å². The van der Waals surface area contributed by atoms with Gasteiger partial charge in [0.1, 0.15) is 11.5 Å². The van der Waals surface area contributed by atoms with E-state index < -0.39 is 17.8 Å². The molecule has 150 valence electrons. The zero-order chi connectivity index (χ0) is 20.9. The Labute approximate surface area is 169 Å². The highest BCUT2D eigenvalue weighted by atomic mass is 35.5. The highest BCUT2D eigenvalue weighted by molar-refractivity contribution is 6.33. The summed E-state index contributed by atoms with van der Waals surface area (Å²) < 4.78 is 43.6. The molecule has 29 heavy (non-hydrogen) atoms. The van der Waals surface area contributed by atoms with Crippen molar-refractivity contribution in [3.8, 4) is 11.5 Å². The van der Waals surface area contributed by atoms with E-state index in [9.17, 15) is 18.0 Å². The van der Waals surface area contributed by atoms with Crippen molar-refractivity contribution < 1.29 is 22.7 Å². The van der Waals surface area contributed by atoms with Gasteiger partial charge in [0.05, 0.1) is 16.3 Å². The number of benzene rings is 2. The second-order valence-corrected chi connectivity index (χ2v) is 6.34. The van der Waals surface area contributed by atoms with Crippen LogP contribution in [0.5, 0.6) is 11.5 Å². The second-order valence-electron chi connectivity index (χ2n) is 5.93. The average Bonchev–Trinajstić information content (AvgIpc) is 2.69. The number of ether oxygens (including phenoxy) is 1. The van der Waals surface area contributed by atoms with Crippen molar-refractivity contribution in [2.75, 3.05) is 5.32 Å². The molecule has 0 aliphatic carbocycles. The third kappa shape index (κ3) is 5.86. The van der Waals surface area contributed by atoms with E-state index in [0.717, 1.165) is 23.8 Å². The smallest absolute Gasteiger partial charge is 0.416 e. The van der Waals surface area contributed by atoms with Crippen LogP contribution in [0.3, 0.4) is 0 Å². The Morgan fingerprint density at radius 1 is 1.00 bits per heavy atom. The number of aromatic nitrogens is 1. The van der Waals surface area contributed by atoms with Crippen molar-refractivity contribution >= 4 is 23.3 Å². The van der Waals surface area contributed by atoms with Crippen molar-refractivity contribution in [1.29, 1.82) is 0 Å². The van der Waals surface area contributed by atoms with Crippen LogP contribution in [0.4, 0.5) is 23.7 Å². The normalized spacial score (nSPS) is 11.0. The van der Waals surface area contributed by atoms with Crippen LogP contribution in [0, 0.1) is 0 Å². The maximum atomic E-state index is 12.7. The monoisotopic (exact) mass is 421 g/mol. The molecule has 2 amide bonds. The van der Waals surface area contributed by atoms with Crippen LogP contribution < -0.4 is 15.4 Å². The van der Waals surface area contributed by atoms with Crippen molar-refractivity contribution in [3.63, 3.8) is 0 Å². The Balaban J connectivity index is 1.53. The quantitative estimate of drug-likeness (QED) is 0.541. The Morgan fingerprint density at radius 2 is 1.66 bits per heavy atom. The number of anilines is 1. The van der Waals surface area contributed by atoms with Gasteiger partial charge in [-0.3, -0.25) is 4.98 Å². The topological polar surface area (TPSA) is 63.2 Å². The van der Waals surface area contributed by atoms with E-state index >= 15 is 0 Å². The van der Waals surface area contributed by atoms with E-state index in [1.165, 1.54) is 0 Å². The van der Waals surface area contributed by atoms with Gasteiger partial charge in [-0.15, -0.1) is 0 Å². The van der Waals surface area contributed by atoms with Gasteiger partial charge in [0, 0.05) is 18.9 Å². The Hall–Kier alpha value is -3.26. The number of carbonyl (C=O) groups is 1. The Bertz CT molecular complexity index is 981. The molecule has 5 nitrogen and oxygen atoms in total. The molecule has 0 aliphatic heterocycles. The molecule has 9 heteroatoms. The van der Waals surface area contributed by atoms with Gasteiger partial charge in [-0.05, 0) is 48.0 Å². The molecular weight excluding hydrogens is 407 g/mol. The predicted octanol–water partition coefficient (Wildman–Crippen LogP) is 5.87. The number of hydrogen-bond acceptors (Lipinski definition) is 3. The maximum Gasteiger partial charge on any atom is 0.416 e. The molecule has 3 aromatic rings. The van der Waals surface area contributed by atoms with E-state index in [1.807, 2.05) is 0 Å². The van der Waals surface area contributed by atoms with Crippen LogP contribution in [0.25, 0.3) is 0 Å². The molecule has 0 bridgehead atoms. The number of nitrogens with zero attached hydrogens (tertiary/aromatic N) is 1. The molecule has 3 rings (SSSR count). The summed E-state index contributed by atoms with van der Waals surface area (Å²) in [6, 6.07) is 12.6. The molecule has 0 saturated heterocycles. The van der Waals surface area contributed by atoms with Crippen molar-refractivity contribution in [1.82, 2.24) is 10.3 Å². The van der Waals surface area contributed by atoms with E-state index in [1.54, 1.807) is 48.8 Å². The molecule has 1 heterocycles. The van der Waals surface area contributed by atoms with E-state index in [0.29, 0.717) is 11.5 Å². The van der Waals surface area contributed by atoms with Crippen LogP contribution >= 0.6 is 11.6 Å². The van der Waals surface area contributed by atoms with E-state index in [-0.39, 0.29) is 17.3 Å². The summed E-state index contributed by atoms with van der Waals surface area (Å²) in [4.78, 5) is 15.9. The first kappa shape index (κ1) is 20.5. The molecule has 2 aromatic carbocycles. The average molecular weight is 422 g/mol. The maximum absolute atomic E-state index is 12.7. The number of carbonyl (C=O) groups excluding carboxylic acids is 1. The molecule has 0 unspecified atom stereocenters. The fourth-order valence-electron chi connectivity index (χ4n) is 2.36. The number of alkyl halides is 3. The standard InChI is InChI=1S/C20H15ClF3N3O2/c21-17-11-14(20(22,23)24)3-6-18(17)27-19(28)26-12-13-1-4-15(5-2-13)29-16-7-9-25-10-8-16/h1-11H,12H2,(H2,26,27,28). The zero-order valence-corrected chi connectivity index (χ0v) is 15.6. The first-order valence-corrected chi connectivity index (χ1v) is 8.77.